The Balaban J connectivity index is 1.43. The molecule has 3 aliphatic rings. The van der Waals surface area contributed by atoms with E-state index in [9.17, 15) is 22.4 Å². The van der Waals surface area contributed by atoms with Crippen LogP contribution in [0.1, 0.15) is 23.1 Å². The zero-order valence-electron chi connectivity index (χ0n) is 17.8. The molecular formula is C24H22F4N4O. The van der Waals surface area contributed by atoms with Crippen molar-refractivity contribution in [1.29, 1.82) is 0 Å². The fourth-order valence-corrected chi connectivity index (χ4v) is 4.75. The second-order valence-corrected chi connectivity index (χ2v) is 8.40. The minimum Gasteiger partial charge on any atom is -0.314 e. The van der Waals surface area contributed by atoms with Gasteiger partial charge in [0, 0.05) is 38.3 Å². The summed E-state index contributed by atoms with van der Waals surface area (Å²) >= 11 is 0. The number of alkyl halides is 3. The van der Waals surface area contributed by atoms with Crippen molar-refractivity contribution in [3.8, 4) is 0 Å². The predicted octanol–water partition coefficient (Wildman–Crippen LogP) is 4.02. The summed E-state index contributed by atoms with van der Waals surface area (Å²) in [5.41, 5.74) is 1.56. The third-order valence-electron chi connectivity index (χ3n) is 6.23. The average Bonchev–Trinajstić information content (AvgIpc) is 3.26. The van der Waals surface area contributed by atoms with Gasteiger partial charge in [-0.1, -0.05) is 30.3 Å². The Morgan fingerprint density at radius 3 is 2.61 bits per heavy atom. The van der Waals surface area contributed by atoms with Crippen molar-refractivity contribution in [3.63, 3.8) is 0 Å². The molecule has 2 aromatic rings. The second kappa shape index (κ2) is 8.30. The third-order valence-corrected chi connectivity index (χ3v) is 6.23. The molecule has 0 spiro atoms. The molecule has 5 rings (SSSR count). The number of nitrogens with zero attached hydrogens (tertiary/aromatic N) is 4. The lowest BCUT2D eigenvalue weighted by atomic mass is 9.99. The monoisotopic (exact) mass is 458 g/mol. The standard InChI is InChI=1S/C24H22F4N4O/c25-18-6-3-4-16(12-18)13-30-10-8-21-19(15-30)22(33)32(23-29-9-11-31(21)23)14-17-5-1-2-7-20(17)24(26,27)28/h1-7,12H,8-11,13-15H2. The largest absolute Gasteiger partial charge is 0.416 e. The minimum absolute atomic E-state index is 0.0318. The minimum atomic E-state index is -4.51. The molecule has 0 bridgehead atoms. The Bertz CT molecular complexity index is 1160. The van der Waals surface area contributed by atoms with Gasteiger partial charge >= 0.3 is 6.18 Å². The summed E-state index contributed by atoms with van der Waals surface area (Å²) in [5, 5.41) is 0. The topological polar surface area (TPSA) is 39.2 Å². The molecule has 0 aromatic heterocycles. The highest BCUT2D eigenvalue weighted by molar-refractivity contribution is 6.09. The maximum absolute atomic E-state index is 13.6. The van der Waals surface area contributed by atoms with Crippen LogP contribution in [0.4, 0.5) is 17.6 Å². The molecule has 0 N–H and O–H groups in total. The number of guanidine groups is 1. The van der Waals surface area contributed by atoms with E-state index >= 15 is 0 Å². The van der Waals surface area contributed by atoms with Gasteiger partial charge in [0.2, 0.25) is 5.96 Å². The summed E-state index contributed by atoms with van der Waals surface area (Å²) in [5.74, 6) is -0.206. The van der Waals surface area contributed by atoms with Gasteiger partial charge < -0.3 is 4.90 Å². The van der Waals surface area contributed by atoms with Gasteiger partial charge in [0.25, 0.3) is 5.91 Å². The lowest BCUT2D eigenvalue weighted by Crippen LogP contribution is -2.53. The Kier molecular flexibility index (Phi) is 5.44. The molecule has 0 saturated carbocycles. The van der Waals surface area contributed by atoms with Gasteiger partial charge in [0.05, 0.1) is 24.2 Å². The van der Waals surface area contributed by atoms with Crippen LogP contribution in [0.2, 0.25) is 0 Å². The molecular weight excluding hydrogens is 436 g/mol. The van der Waals surface area contributed by atoms with E-state index in [1.165, 1.54) is 29.2 Å². The number of aliphatic imine (C=N–C) groups is 1. The van der Waals surface area contributed by atoms with Crippen LogP contribution in [0.15, 0.2) is 64.8 Å². The SMILES string of the molecule is O=C1C2=C(CCN(Cc3cccc(F)c3)C2)N2CCN=C2N1Cc1ccccc1C(F)(F)F. The molecule has 9 heteroatoms. The summed E-state index contributed by atoms with van der Waals surface area (Å²) in [7, 11) is 0. The van der Waals surface area contributed by atoms with Crippen molar-refractivity contribution in [2.75, 3.05) is 26.2 Å². The number of benzene rings is 2. The third kappa shape index (κ3) is 4.13. The number of halogens is 4. The number of hydrogen-bond donors (Lipinski definition) is 0. The van der Waals surface area contributed by atoms with E-state index in [0.29, 0.717) is 50.7 Å². The molecule has 1 amide bonds. The summed E-state index contributed by atoms with van der Waals surface area (Å²) in [6, 6.07) is 11.7. The molecule has 33 heavy (non-hydrogen) atoms. The van der Waals surface area contributed by atoms with E-state index in [0.717, 1.165) is 17.3 Å². The second-order valence-electron chi connectivity index (χ2n) is 8.40. The van der Waals surface area contributed by atoms with Crippen molar-refractivity contribution in [3.05, 3.63) is 82.3 Å². The molecule has 0 atom stereocenters. The number of carbonyl (C=O) groups is 1. The van der Waals surface area contributed by atoms with Crippen LogP contribution in [-0.2, 0) is 24.1 Å². The first kappa shape index (κ1) is 21.6. The van der Waals surface area contributed by atoms with Gasteiger partial charge in [-0.25, -0.2) is 4.39 Å². The van der Waals surface area contributed by atoms with E-state index in [1.807, 2.05) is 11.0 Å². The molecule has 0 radical (unpaired) electrons. The number of hydrogen-bond acceptors (Lipinski definition) is 4. The van der Waals surface area contributed by atoms with Crippen molar-refractivity contribution < 1.29 is 22.4 Å². The number of fused-ring (bicyclic) bond motifs is 2. The first-order valence-corrected chi connectivity index (χ1v) is 10.8. The number of amides is 1. The number of carbonyl (C=O) groups excluding carboxylic acids is 1. The van der Waals surface area contributed by atoms with Crippen LogP contribution in [0.5, 0.6) is 0 Å². The molecule has 5 nitrogen and oxygen atoms in total. The van der Waals surface area contributed by atoms with Gasteiger partial charge in [-0.2, -0.15) is 13.2 Å². The maximum atomic E-state index is 13.6. The van der Waals surface area contributed by atoms with Gasteiger partial charge in [-0.15, -0.1) is 0 Å². The summed E-state index contributed by atoms with van der Waals surface area (Å²) in [4.78, 5) is 23.3. The zero-order valence-corrected chi connectivity index (χ0v) is 17.8. The predicted molar refractivity (Wildman–Crippen MR) is 114 cm³/mol. The first-order chi connectivity index (χ1) is 15.8. The Morgan fingerprint density at radius 2 is 1.82 bits per heavy atom. The Hall–Kier alpha value is -3.20. The Labute approximate surface area is 188 Å². The highest BCUT2D eigenvalue weighted by atomic mass is 19.4. The van der Waals surface area contributed by atoms with Crippen molar-refractivity contribution in [2.24, 2.45) is 4.99 Å². The van der Waals surface area contributed by atoms with Crippen molar-refractivity contribution in [2.45, 2.75) is 25.7 Å². The van der Waals surface area contributed by atoms with E-state index < -0.39 is 11.7 Å². The molecule has 0 saturated heterocycles. The summed E-state index contributed by atoms with van der Waals surface area (Å²) in [6.07, 6.45) is -3.88. The van der Waals surface area contributed by atoms with Gasteiger partial charge in [-0.3, -0.25) is 19.6 Å². The average molecular weight is 458 g/mol. The highest BCUT2D eigenvalue weighted by Gasteiger charge is 2.42. The summed E-state index contributed by atoms with van der Waals surface area (Å²) < 4.78 is 54.2. The maximum Gasteiger partial charge on any atom is 0.416 e. The molecule has 3 aliphatic heterocycles. The van der Waals surface area contributed by atoms with Crippen LogP contribution < -0.4 is 0 Å². The lowest BCUT2D eigenvalue weighted by Gasteiger charge is -2.42. The van der Waals surface area contributed by atoms with Crippen molar-refractivity contribution >= 4 is 11.9 Å². The molecule has 3 heterocycles. The van der Waals surface area contributed by atoms with E-state index in [1.54, 1.807) is 12.1 Å². The molecule has 0 fully saturated rings. The molecule has 0 aliphatic carbocycles. The van der Waals surface area contributed by atoms with E-state index in [2.05, 4.69) is 9.89 Å². The van der Waals surface area contributed by atoms with Crippen LogP contribution in [0.3, 0.4) is 0 Å². The lowest BCUT2D eigenvalue weighted by molar-refractivity contribution is -0.139. The van der Waals surface area contributed by atoms with Gasteiger partial charge in [0.1, 0.15) is 5.82 Å². The van der Waals surface area contributed by atoms with Crippen molar-refractivity contribution in [1.82, 2.24) is 14.7 Å². The van der Waals surface area contributed by atoms with Crippen LogP contribution in [-0.4, -0.2) is 52.7 Å². The zero-order chi connectivity index (χ0) is 23.2. The van der Waals surface area contributed by atoms with Crippen LogP contribution in [0, 0.1) is 5.82 Å². The van der Waals surface area contributed by atoms with Crippen LogP contribution in [0.25, 0.3) is 0 Å². The Morgan fingerprint density at radius 1 is 1.00 bits per heavy atom. The highest BCUT2D eigenvalue weighted by Crippen LogP contribution is 2.35. The van der Waals surface area contributed by atoms with Gasteiger partial charge in [0.15, 0.2) is 0 Å². The summed E-state index contributed by atoms with van der Waals surface area (Å²) in [6.45, 7) is 2.42. The molecule has 0 unspecified atom stereocenters. The fraction of sp³-hybridized carbons (Fsp3) is 0.333. The van der Waals surface area contributed by atoms with E-state index in [-0.39, 0.29) is 23.8 Å². The number of rotatable bonds is 4. The normalized spacial score (nSPS) is 19.0. The smallest absolute Gasteiger partial charge is 0.314 e. The first-order valence-electron chi connectivity index (χ1n) is 10.8. The molecule has 172 valence electrons. The van der Waals surface area contributed by atoms with Crippen LogP contribution >= 0.6 is 0 Å². The van der Waals surface area contributed by atoms with Gasteiger partial charge in [-0.05, 0) is 29.3 Å². The van der Waals surface area contributed by atoms with E-state index in [4.69, 9.17) is 0 Å². The molecule has 2 aromatic carbocycles. The fourth-order valence-electron chi connectivity index (χ4n) is 4.75. The quantitative estimate of drug-likeness (QED) is 0.650.